The van der Waals surface area contributed by atoms with Crippen molar-refractivity contribution in [2.45, 2.75) is 25.5 Å². The van der Waals surface area contributed by atoms with Crippen LogP contribution >= 0.6 is 0 Å². The van der Waals surface area contributed by atoms with Crippen molar-refractivity contribution >= 4 is 11.8 Å². The summed E-state index contributed by atoms with van der Waals surface area (Å²) in [6.45, 7) is 1.78. The zero-order valence-corrected chi connectivity index (χ0v) is 8.96. The molecule has 1 aliphatic rings. The molecule has 1 aliphatic heterocycles. The van der Waals surface area contributed by atoms with Crippen LogP contribution in [0.3, 0.4) is 0 Å². The second-order valence-electron chi connectivity index (χ2n) is 3.91. The Balaban J connectivity index is 2.26. The number of aliphatic hydroxyl groups is 1. The van der Waals surface area contributed by atoms with E-state index in [2.05, 4.69) is 0 Å². The number of imide groups is 1. The van der Waals surface area contributed by atoms with Crippen LogP contribution in [0.5, 0.6) is 0 Å². The molecule has 4 heteroatoms. The highest BCUT2D eigenvalue weighted by molar-refractivity contribution is 6.05. The summed E-state index contributed by atoms with van der Waals surface area (Å²) >= 11 is 0. The first-order valence-electron chi connectivity index (χ1n) is 5.20. The van der Waals surface area contributed by atoms with E-state index in [1.165, 1.54) is 0 Å². The Morgan fingerprint density at radius 2 is 1.94 bits per heavy atom. The highest BCUT2D eigenvalue weighted by Gasteiger charge is 2.40. The number of carbonyl (C=O) groups excluding carboxylic acids is 2. The predicted octanol–water partition coefficient (Wildman–Crippen LogP) is 0.867. The highest BCUT2D eigenvalue weighted by atomic mass is 16.3. The van der Waals surface area contributed by atoms with Crippen molar-refractivity contribution in [3.05, 3.63) is 35.9 Å². The van der Waals surface area contributed by atoms with E-state index in [0.29, 0.717) is 0 Å². The summed E-state index contributed by atoms with van der Waals surface area (Å²) in [5, 5.41) is 9.32. The molecule has 0 saturated carbocycles. The van der Waals surface area contributed by atoms with Crippen LogP contribution in [-0.4, -0.2) is 27.9 Å². The molecule has 0 spiro atoms. The number of amides is 2. The van der Waals surface area contributed by atoms with E-state index in [0.717, 1.165) is 10.5 Å². The molecular formula is C12H13NO3. The van der Waals surface area contributed by atoms with Crippen molar-refractivity contribution < 1.29 is 14.7 Å². The largest absolute Gasteiger partial charge is 0.383 e. The van der Waals surface area contributed by atoms with Crippen molar-refractivity contribution in [3.8, 4) is 0 Å². The van der Waals surface area contributed by atoms with E-state index < -0.39 is 12.0 Å². The van der Waals surface area contributed by atoms with Crippen LogP contribution in [0.1, 0.15) is 24.9 Å². The molecule has 1 saturated heterocycles. The lowest BCUT2D eigenvalue weighted by Crippen LogP contribution is -2.34. The Bertz CT molecular complexity index is 416. The molecule has 1 aromatic carbocycles. The summed E-state index contributed by atoms with van der Waals surface area (Å²) in [5.41, 5.74) is 0.887. The molecule has 1 heterocycles. The summed E-state index contributed by atoms with van der Waals surface area (Å²) < 4.78 is 0. The van der Waals surface area contributed by atoms with Crippen LogP contribution in [0.4, 0.5) is 0 Å². The van der Waals surface area contributed by atoms with Crippen LogP contribution in [0.15, 0.2) is 30.3 Å². The number of aliphatic hydroxyl groups excluding tert-OH is 1. The topological polar surface area (TPSA) is 57.6 Å². The Morgan fingerprint density at radius 1 is 1.31 bits per heavy atom. The van der Waals surface area contributed by atoms with Crippen molar-refractivity contribution in [2.24, 2.45) is 0 Å². The molecule has 1 aromatic rings. The van der Waals surface area contributed by atoms with Gasteiger partial charge in [0.2, 0.25) is 5.91 Å². The molecule has 0 bridgehead atoms. The normalized spacial score (nSPS) is 22.6. The average Bonchev–Trinajstić information content (AvgIpc) is 2.54. The predicted molar refractivity (Wildman–Crippen MR) is 57.3 cm³/mol. The van der Waals surface area contributed by atoms with E-state index >= 15 is 0 Å². The van der Waals surface area contributed by atoms with Gasteiger partial charge in [0.25, 0.3) is 5.91 Å². The van der Waals surface area contributed by atoms with Crippen molar-refractivity contribution in [2.75, 3.05) is 0 Å². The number of likely N-dealkylation sites (tertiary alicyclic amines) is 1. The van der Waals surface area contributed by atoms with Gasteiger partial charge in [0.15, 0.2) is 0 Å². The van der Waals surface area contributed by atoms with E-state index in [4.69, 9.17) is 0 Å². The molecule has 2 rings (SSSR count). The Morgan fingerprint density at radius 3 is 2.44 bits per heavy atom. The first-order chi connectivity index (χ1) is 7.61. The SMILES string of the molecule is CC(c1ccccc1)N1C(=O)C[C@H](O)C1=O. The van der Waals surface area contributed by atoms with Crippen LogP contribution in [0, 0.1) is 0 Å². The van der Waals surface area contributed by atoms with Gasteiger partial charge in [-0.15, -0.1) is 0 Å². The van der Waals surface area contributed by atoms with Gasteiger partial charge in [-0.1, -0.05) is 30.3 Å². The number of nitrogens with zero attached hydrogens (tertiary/aromatic N) is 1. The van der Waals surface area contributed by atoms with Gasteiger partial charge in [-0.05, 0) is 12.5 Å². The molecule has 0 aliphatic carbocycles. The molecule has 84 valence electrons. The average molecular weight is 219 g/mol. The minimum Gasteiger partial charge on any atom is -0.383 e. The van der Waals surface area contributed by atoms with Crippen molar-refractivity contribution in [3.63, 3.8) is 0 Å². The van der Waals surface area contributed by atoms with Crippen LogP contribution in [0.25, 0.3) is 0 Å². The molecule has 0 radical (unpaired) electrons. The third kappa shape index (κ3) is 1.72. The molecule has 2 amide bonds. The fraction of sp³-hybridized carbons (Fsp3) is 0.333. The number of rotatable bonds is 2. The highest BCUT2D eigenvalue weighted by Crippen LogP contribution is 2.26. The van der Waals surface area contributed by atoms with Gasteiger partial charge in [0.05, 0.1) is 12.5 Å². The number of carbonyl (C=O) groups is 2. The smallest absolute Gasteiger partial charge is 0.259 e. The maximum absolute atomic E-state index is 11.6. The standard InChI is InChI=1S/C12H13NO3/c1-8(9-5-3-2-4-6-9)13-11(15)7-10(14)12(13)16/h2-6,8,10,14H,7H2,1H3/t8?,10-/m0/s1. The van der Waals surface area contributed by atoms with E-state index in [9.17, 15) is 14.7 Å². The van der Waals surface area contributed by atoms with Gasteiger partial charge in [0, 0.05) is 0 Å². The lowest BCUT2D eigenvalue weighted by molar-refractivity contribution is -0.143. The summed E-state index contributed by atoms with van der Waals surface area (Å²) in [7, 11) is 0. The quantitative estimate of drug-likeness (QED) is 0.751. The number of hydrogen-bond donors (Lipinski definition) is 1. The zero-order chi connectivity index (χ0) is 11.7. The molecule has 0 aromatic heterocycles. The number of benzene rings is 1. The second kappa shape index (κ2) is 4.06. The van der Waals surface area contributed by atoms with Crippen molar-refractivity contribution in [1.29, 1.82) is 0 Å². The molecule has 1 unspecified atom stereocenters. The summed E-state index contributed by atoms with van der Waals surface area (Å²) in [5.74, 6) is -0.810. The first kappa shape index (κ1) is 10.8. The molecular weight excluding hydrogens is 206 g/mol. The monoisotopic (exact) mass is 219 g/mol. The van der Waals surface area contributed by atoms with Crippen molar-refractivity contribution in [1.82, 2.24) is 4.90 Å². The van der Waals surface area contributed by atoms with Gasteiger partial charge in [-0.25, -0.2) is 0 Å². The lowest BCUT2D eigenvalue weighted by Gasteiger charge is -2.22. The third-order valence-corrected chi connectivity index (χ3v) is 2.83. The van der Waals surface area contributed by atoms with Crippen LogP contribution in [-0.2, 0) is 9.59 Å². The maximum atomic E-state index is 11.6. The van der Waals surface area contributed by atoms with E-state index in [1.807, 2.05) is 30.3 Å². The second-order valence-corrected chi connectivity index (χ2v) is 3.91. The fourth-order valence-corrected chi connectivity index (χ4v) is 1.92. The van der Waals surface area contributed by atoms with E-state index in [1.54, 1.807) is 6.92 Å². The van der Waals surface area contributed by atoms with Gasteiger partial charge in [-0.3, -0.25) is 14.5 Å². The molecule has 1 fully saturated rings. The van der Waals surface area contributed by atoms with Gasteiger partial charge in [0.1, 0.15) is 6.10 Å². The third-order valence-electron chi connectivity index (χ3n) is 2.83. The van der Waals surface area contributed by atoms with Gasteiger partial charge >= 0.3 is 0 Å². The van der Waals surface area contributed by atoms with Gasteiger partial charge < -0.3 is 5.11 Å². The minimum absolute atomic E-state index is 0.101. The lowest BCUT2D eigenvalue weighted by atomic mass is 10.1. The van der Waals surface area contributed by atoms with Gasteiger partial charge in [-0.2, -0.15) is 0 Å². The first-order valence-corrected chi connectivity index (χ1v) is 5.20. The maximum Gasteiger partial charge on any atom is 0.259 e. The van der Waals surface area contributed by atoms with E-state index in [-0.39, 0.29) is 18.4 Å². The summed E-state index contributed by atoms with van der Waals surface area (Å²) in [6, 6.07) is 8.98. The molecule has 4 nitrogen and oxygen atoms in total. The van der Waals surface area contributed by atoms with Crippen LogP contribution in [0.2, 0.25) is 0 Å². The Kier molecular flexibility index (Phi) is 2.75. The minimum atomic E-state index is -1.17. The molecule has 16 heavy (non-hydrogen) atoms. The number of hydrogen-bond acceptors (Lipinski definition) is 3. The zero-order valence-electron chi connectivity index (χ0n) is 8.96. The van der Waals surface area contributed by atoms with Crippen LogP contribution < -0.4 is 0 Å². The molecule has 1 N–H and O–H groups in total. The fourth-order valence-electron chi connectivity index (χ4n) is 1.92. The Labute approximate surface area is 93.5 Å². The Hall–Kier alpha value is -1.68. The summed E-state index contributed by atoms with van der Waals surface area (Å²) in [4.78, 5) is 24.3. The summed E-state index contributed by atoms with van der Waals surface area (Å²) in [6.07, 6.45) is -1.27. The molecule has 2 atom stereocenters.